The SMILES string of the molecule is Cc1cc2oc(=O)cc(COC(=O)CCSc3ccc(F)c(F)c3)c2cc1C. The van der Waals surface area contributed by atoms with E-state index in [4.69, 9.17) is 9.15 Å². The van der Waals surface area contributed by atoms with Crippen LogP contribution in [-0.4, -0.2) is 11.7 Å². The number of hydrogen-bond donors (Lipinski definition) is 0. The Kier molecular flexibility index (Phi) is 6.14. The minimum atomic E-state index is -0.923. The number of fused-ring (bicyclic) bond motifs is 1. The number of esters is 1. The van der Waals surface area contributed by atoms with Gasteiger partial charge in [0.15, 0.2) is 11.6 Å². The van der Waals surface area contributed by atoms with Crippen molar-refractivity contribution < 1.29 is 22.7 Å². The van der Waals surface area contributed by atoms with Crippen LogP contribution in [0.25, 0.3) is 11.0 Å². The molecular weight excluding hydrogens is 386 g/mol. The number of aryl methyl sites for hydroxylation is 2. The van der Waals surface area contributed by atoms with Crippen LogP contribution < -0.4 is 5.63 Å². The highest BCUT2D eigenvalue weighted by atomic mass is 32.2. The summed E-state index contributed by atoms with van der Waals surface area (Å²) in [6.45, 7) is 3.83. The van der Waals surface area contributed by atoms with E-state index < -0.39 is 23.2 Å². The maximum absolute atomic E-state index is 13.2. The first-order valence-electron chi connectivity index (χ1n) is 8.61. The van der Waals surface area contributed by atoms with Gasteiger partial charge in [-0.25, -0.2) is 13.6 Å². The van der Waals surface area contributed by atoms with Crippen LogP contribution in [0, 0.1) is 25.5 Å². The lowest BCUT2D eigenvalue weighted by molar-refractivity contribution is -0.144. The molecule has 0 bridgehead atoms. The second-order valence-electron chi connectivity index (χ2n) is 6.36. The first kappa shape index (κ1) is 20.1. The van der Waals surface area contributed by atoms with Gasteiger partial charge in [0, 0.05) is 27.7 Å². The Labute approximate surface area is 164 Å². The van der Waals surface area contributed by atoms with Gasteiger partial charge in [0.2, 0.25) is 0 Å². The van der Waals surface area contributed by atoms with Crippen LogP contribution in [0.15, 0.2) is 50.5 Å². The fourth-order valence-corrected chi connectivity index (χ4v) is 3.51. The molecule has 0 radical (unpaired) electrons. The number of benzene rings is 2. The number of hydrogen-bond acceptors (Lipinski definition) is 5. The van der Waals surface area contributed by atoms with E-state index in [0.29, 0.717) is 21.8 Å². The van der Waals surface area contributed by atoms with Crippen molar-refractivity contribution in [1.29, 1.82) is 0 Å². The molecular formula is C21H18F2O4S. The maximum atomic E-state index is 13.2. The van der Waals surface area contributed by atoms with Crippen LogP contribution >= 0.6 is 11.8 Å². The first-order chi connectivity index (χ1) is 13.3. The second kappa shape index (κ2) is 8.56. The Morgan fingerprint density at radius 2 is 1.82 bits per heavy atom. The molecule has 2 aromatic carbocycles. The van der Waals surface area contributed by atoms with Crippen LogP contribution in [0.3, 0.4) is 0 Å². The molecule has 0 spiro atoms. The van der Waals surface area contributed by atoms with Crippen molar-refractivity contribution in [2.75, 3.05) is 5.75 Å². The predicted molar refractivity (Wildman–Crippen MR) is 103 cm³/mol. The Balaban J connectivity index is 1.60. The molecule has 7 heteroatoms. The van der Waals surface area contributed by atoms with E-state index >= 15 is 0 Å². The third-order valence-corrected chi connectivity index (χ3v) is 5.29. The molecule has 0 aliphatic carbocycles. The molecule has 146 valence electrons. The van der Waals surface area contributed by atoms with Gasteiger partial charge in [-0.3, -0.25) is 4.79 Å². The van der Waals surface area contributed by atoms with Gasteiger partial charge in [-0.15, -0.1) is 11.8 Å². The maximum Gasteiger partial charge on any atom is 0.336 e. The molecule has 0 saturated carbocycles. The molecule has 28 heavy (non-hydrogen) atoms. The first-order valence-corrected chi connectivity index (χ1v) is 9.59. The van der Waals surface area contributed by atoms with Gasteiger partial charge in [0.1, 0.15) is 12.2 Å². The number of carbonyl (C=O) groups excluding carboxylic acids is 1. The zero-order valence-electron chi connectivity index (χ0n) is 15.4. The minimum absolute atomic E-state index is 0.0424. The van der Waals surface area contributed by atoms with Crippen molar-refractivity contribution in [1.82, 2.24) is 0 Å². The van der Waals surface area contributed by atoms with Crippen LogP contribution in [0.1, 0.15) is 23.1 Å². The summed E-state index contributed by atoms with van der Waals surface area (Å²) in [6.07, 6.45) is 0.0984. The Morgan fingerprint density at radius 3 is 2.57 bits per heavy atom. The summed E-state index contributed by atoms with van der Waals surface area (Å²) in [5.41, 5.74) is 2.57. The summed E-state index contributed by atoms with van der Waals surface area (Å²) in [6, 6.07) is 8.59. The quantitative estimate of drug-likeness (QED) is 0.332. The molecule has 4 nitrogen and oxygen atoms in total. The number of thioether (sulfide) groups is 1. The minimum Gasteiger partial charge on any atom is -0.461 e. The zero-order valence-corrected chi connectivity index (χ0v) is 16.2. The highest BCUT2D eigenvalue weighted by Crippen LogP contribution is 2.23. The largest absolute Gasteiger partial charge is 0.461 e. The van der Waals surface area contributed by atoms with Crippen LogP contribution in [0.2, 0.25) is 0 Å². The van der Waals surface area contributed by atoms with Gasteiger partial charge in [0.05, 0.1) is 6.42 Å². The van der Waals surface area contributed by atoms with Crippen LogP contribution in [-0.2, 0) is 16.1 Å². The van der Waals surface area contributed by atoms with E-state index in [1.54, 1.807) is 6.07 Å². The van der Waals surface area contributed by atoms with E-state index in [1.165, 1.54) is 23.9 Å². The summed E-state index contributed by atoms with van der Waals surface area (Å²) in [5, 5.41) is 0.728. The smallest absolute Gasteiger partial charge is 0.336 e. The lowest BCUT2D eigenvalue weighted by atomic mass is 10.0. The van der Waals surface area contributed by atoms with E-state index in [-0.39, 0.29) is 13.0 Å². The lowest BCUT2D eigenvalue weighted by Crippen LogP contribution is -2.08. The van der Waals surface area contributed by atoms with Gasteiger partial charge in [-0.2, -0.15) is 0 Å². The van der Waals surface area contributed by atoms with Crippen LogP contribution in [0.4, 0.5) is 8.78 Å². The summed E-state index contributed by atoms with van der Waals surface area (Å²) in [4.78, 5) is 24.3. The van der Waals surface area contributed by atoms with Crippen molar-refractivity contribution >= 4 is 28.7 Å². The van der Waals surface area contributed by atoms with E-state index in [0.717, 1.165) is 28.6 Å². The molecule has 0 fully saturated rings. The summed E-state index contributed by atoms with van der Waals surface area (Å²) in [5.74, 6) is -1.91. The molecule has 0 aliphatic heterocycles. The summed E-state index contributed by atoms with van der Waals surface area (Å²) >= 11 is 1.23. The van der Waals surface area contributed by atoms with Gasteiger partial charge in [-0.1, -0.05) is 0 Å². The number of rotatable bonds is 6. The van der Waals surface area contributed by atoms with E-state index in [9.17, 15) is 18.4 Å². The van der Waals surface area contributed by atoms with Crippen molar-refractivity contribution in [3.63, 3.8) is 0 Å². The average molecular weight is 404 g/mol. The van der Waals surface area contributed by atoms with Crippen molar-refractivity contribution in [2.24, 2.45) is 0 Å². The van der Waals surface area contributed by atoms with E-state index in [2.05, 4.69) is 0 Å². The van der Waals surface area contributed by atoms with Gasteiger partial charge >= 0.3 is 11.6 Å². The molecule has 0 saturated heterocycles. The highest BCUT2D eigenvalue weighted by Gasteiger charge is 2.11. The Hall–Kier alpha value is -2.67. The lowest BCUT2D eigenvalue weighted by Gasteiger charge is -2.09. The van der Waals surface area contributed by atoms with E-state index in [1.807, 2.05) is 19.9 Å². The molecule has 0 N–H and O–H groups in total. The summed E-state index contributed by atoms with van der Waals surface area (Å²) < 4.78 is 36.6. The summed E-state index contributed by atoms with van der Waals surface area (Å²) in [7, 11) is 0. The second-order valence-corrected chi connectivity index (χ2v) is 7.53. The third kappa shape index (κ3) is 4.78. The number of ether oxygens (including phenoxy) is 1. The molecule has 3 rings (SSSR count). The standard InChI is InChI=1S/C21H18F2O4S/c1-12-7-16-14(9-21(25)27-19(16)8-13(12)2)11-26-20(24)5-6-28-15-3-4-17(22)18(23)10-15/h3-4,7-10H,5-6,11H2,1-2H3. The molecule has 0 amide bonds. The van der Waals surface area contributed by atoms with Gasteiger partial charge in [-0.05, 0) is 55.3 Å². The third-order valence-electron chi connectivity index (χ3n) is 4.30. The van der Waals surface area contributed by atoms with Crippen molar-refractivity contribution in [2.45, 2.75) is 31.8 Å². The van der Waals surface area contributed by atoms with Gasteiger partial charge in [0.25, 0.3) is 0 Å². The van der Waals surface area contributed by atoms with Gasteiger partial charge < -0.3 is 9.15 Å². The monoisotopic (exact) mass is 404 g/mol. The molecule has 3 aromatic rings. The van der Waals surface area contributed by atoms with Crippen molar-refractivity contribution in [3.05, 3.63) is 75.1 Å². The normalized spacial score (nSPS) is 11.0. The highest BCUT2D eigenvalue weighted by molar-refractivity contribution is 7.99. The molecule has 0 unspecified atom stereocenters. The molecule has 0 atom stereocenters. The fourth-order valence-electron chi connectivity index (χ4n) is 2.65. The van der Waals surface area contributed by atoms with Crippen LogP contribution in [0.5, 0.6) is 0 Å². The molecule has 1 aromatic heterocycles. The number of halogens is 2. The predicted octanol–water partition coefficient (Wildman–Crippen LogP) is 4.91. The Bertz CT molecular complexity index is 1090. The average Bonchev–Trinajstić information content (AvgIpc) is 2.64. The molecule has 0 aliphatic rings. The van der Waals surface area contributed by atoms with Crippen molar-refractivity contribution in [3.8, 4) is 0 Å². The zero-order chi connectivity index (χ0) is 20.3. The fraction of sp³-hybridized carbons (Fsp3) is 0.238. The number of carbonyl (C=O) groups is 1. The topological polar surface area (TPSA) is 56.5 Å². The Morgan fingerprint density at radius 1 is 1.07 bits per heavy atom. The molecule has 1 heterocycles.